The van der Waals surface area contributed by atoms with Crippen LogP contribution in [0.25, 0.3) is 0 Å². The van der Waals surface area contributed by atoms with Crippen LogP contribution in [0.1, 0.15) is 11.1 Å². The number of carbonyl (C=O) groups is 1. The smallest absolute Gasteiger partial charge is 0.240 e. The van der Waals surface area contributed by atoms with Crippen molar-refractivity contribution in [3.05, 3.63) is 53.6 Å². The van der Waals surface area contributed by atoms with Crippen LogP contribution in [0.3, 0.4) is 0 Å². The molecule has 25 heavy (non-hydrogen) atoms. The zero-order valence-electron chi connectivity index (χ0n) is 14.2. The van der Waals surface area contributed by atoms with Crippen molar-refractivity contribution in [1.29, 1.82) is 0 Å². The highest BCUT2D eigenvalue weighted by Crippen LogP contribution is 2.31. The first-order valence-corrected chi connectivity index (χ1v) is 9.43. The maximum absolute atomic E-state index is 12.7. The minimum Gasteiger partial charge on any atom is -0.496 e. The lowest BCUT2D eigenvalue weighted by Crippen LogP contribution is -2.30. The van der Waals surface area contributed by atoms with E-state index >= 15 is 0 Å². The SMILES string of the molecule is CNS(=O)(=O)c1ccc2c(c1)CCN2C(=O)Cc1ccccc1OC. The molecular weight excluding hydrogens is 340 g/mol. The Kier molecular flexibility index (Phi) is 4.78. The molecular formula is C18H20N2O4S. The van der Waals surface area contributed by atoms with E-state index < -0.39 is 10.0 Å². The van der Waals surface area contributed by atoms with Gasteiger partial charge in [0.05, 0.1) is 18.4 Å². The van der Waals surface area contributed by atoms with Crippen LogP contribution in [-0.4, -0.2) is 35.0 Å². The first kappa shape index (κ1) is 17.4. The Hall–Kier alpha value is -2.38. The average Bonchev–Trinajstić information content (AvgIpc) is 3.05. The third kappa shape index (κ3) is 3.38. The summed E-state index contributed by atoms with van der Waals surface area (Å²) >= 11 is 0. The molecule has 1 aliphatic rings. The number of amides is 1. The van der Waals surface area contributed by atoms with Crippen molar-refractivity contribution in [1.82, 2.24) is 4.72 Å². The van der Waals surface area contributed by atoms with Gasteiger partial charge < -0.3 is 9.64 Å². The van der Waals surface area contributed by atoms with Crippen LogP contribution in [0.4, 0.5) is 5.69 Å². The van der Waals surface area contributed by atoms with Gasteiger partial charge in [-0.1, -0.05) is 18.2 Å². The van der Waals surface area contributed by atoms with E-state index in [0.717, 1.165) is 16.8 Å². The molecule has 1 N–H and O–H groups in total. The van der Waals surface area contributed by atoms with Crippen LogP contribution in [0, 0.1) is 0 Å². The van der Waals surface area contributed by atoms with E-state index in [-0.39, 0.29) is 17.2 Å². The molecule has 2 aromatic carbocycles. The maximum atomic E-state index is 12.7. The first-order chi connectivity index (χ1) is 12.0. The molecule has 0 unspecified atom stereocenters. The number of ether oxygens (including phenoxy) is 1. The predicted octanol–water partition coefficient (Wildman–Crippen LogP) is 1.74. The molecule has 3 rings (SSSR count). The molecule has 0 saturated carbocycles. The van der Waals surface area contributed by atoms with Gasteiger partial charge in [-0.2, -0.15) is 0 Å². The number of hydrogen-bond donors (Lipinski definition) is 1. The summed E-state index contributed by atoms with van der Waals surface area (Å²) in [5, 5.41) is 0. The number of fused-ring (bicyclic) bond motifs is 1. The van der Waals surface area contributed by atoms with Crippen molar-refractivity contribution < 1.29 is 17.9 Å². The van der Waals surface area contributed by atoms with Gasteiger partial charge in [-0.25, -0.2) is 13.1 Å². The Balaban J connectivity index is 1.84. The highest BCUT2D eigenvalue weighted by atomic mass is 32.2. The van der Waals surface area contributed by atoms with Crippen molar-refractivity contribution in [3.8, 4) is 5.75 Å². The summed E-state index contributed by atoms with van der Waals surface area (Å²) in [4.78, 5) is 14.6. The van der Waals surface area contributed by atoms with E-state index in [1.54, 1.807) is 24.1 Å². The standard InChI is InChI=1S/C18H20N2O4S/c1-19-25(22,23)15-7-8-16-13(11-15)9-10-20(16)18(21)12-14-5-3-4-6-17(14)24-2/h3-8,11,19H,9-10,12H2,1-2H3. The number of nitrogens with zero attached hydrogens (tertiary/aromatic N) is 1. The molecule has 1 heterocycles. The van der Waals surface area contributed by atoms with E-state index in [4.69, 9.17) is 4.74 Å². The number of carbonyl (C=O) groups excluding carboxylic acids is 1. The minimum absolute atomic E-state index is 0.0347. The second-order valence-electron chi connectivity index (χ2n) is 5.78. The van der Waals surface area contributed by atoms with Crippen molar-refractivity contribution in [2.45, 2.75) is 17.7 Å². The van der Waals surface area contributed by atoms with Gasteiger partial charge in [-0.3, -0.25) is 4.79 Å². The Morgan fingerprint density at radius 1 is 1.24 bits per heavy atom. The summed E-state index contributed by atoms with van der Waals surface area (Å²) in [6, 6.07) is 12.3. The average molecular weight is 360 g/mol. The molecule has 0 bridgehead atoms. The fraction of sp³-hybridized carbons (Fsp3) is 0.278. The number of anilines is 1. The third-order valence-corrected chi connectivity index (χ3v) is 5.77. The summed E-state index contributed by atoms with van der Waals surface area (Å²) in [5.74, 6) is 0.651. The van der Waals surface area contributed by atoms with Gasteiger partial charge in [0.2, 0.25) is 15.9 Å². The number of benzene rings is 2. The quantitative estimate of drug-likeness (QED) is 0.881. The second-order valence-corrected chi connectivity index (χ2v) is 7.67. The summed E-state index contributed by atoms with van der Waals surface area (Å²) in [6.07, 6.45) is 0.875. The van der Waals surface area contributed by atoms with Crippen LogP contribution in [-0.2, 0) is 27.7 Å². The molecule has 0 radical (unpaired) electrons. The zero-order chi connectivity index (χ0) is 18.0. The van der Waals surface area contributed by atoms with Crippen molar-refractivity contribution in [2.75, 3.05) is 25.6 Å². The number of methoxy groups -OCH3 is 1. The maximum Gasteiger partial charge on any atom is 0.240 e. The van der Waals surface area contributed by atoms with Gasteiger partial charge in [0, 0.05) is 17.8 Å². The summed E-state index contributed by atoms with van der Waals surface area (Å²) in [5.41, 5.74) is 2.47. The van der Waals surface area contributed by atoms with E-state index in [9.17, 15) is 13.2 Å². The number of sulfonamides is 1. The van der Waals surface area contributed by atoms with E-state index in [1.165, 1.54) is 13.1 Å². The van der Waals surface area contributed by atoms with Crippen LogP contribution in [0.5, 0.6) is 5.75 Å². The van der Waals surface area contributed by atoms with Crippen molar-refractivity contribution >= 4 is 21.6 Å². The fourth-order valence-corrected chi connectivity index (χ4v) is 3.81. The molecule has 6 nitrogen and oxygen atoms in total. The lowest BCUT2D eigenvalue weighted by Gasteiger charge is -2.18. The van der Waals surface area contributed by atoms with Gasteiger partial charge in [0.1, 0.15) is 5.75 Å². The molecule has 1 amide bonds. The molecule has 7 heteroatoms. The molecule has 0 fully saturated rings. The predicted molar refractivity (Wildman–Crippen MR) is 95.4 cm³/mol. The normalized spacial score (nSPS) is 13.6. The van der Waals surface area contributed by atoms with Crippen molar-refractivity contribution in [2.24, 2.45) is 0 Å². The third-order valence-electron chi connectivity index (χ3n) is 4.36. The Morgan fingerprint density at radius 3 is 2.72 bits per heavy atom. The lowest BCUT2D eigenvalue weighted by atomic mass is 10.1. The summed E-state index contributed by atoms with van der Waals surface area (Å²) in [6.45, 7) is 0.548. The van der Waals surface area contributed by atoms with Gasteiger partial charge in [0.15, 0.2) is 0 Å². The molecule has 0 aromatic heterocycles. The Morgan fingerprint density at radius 2 is 2.00 bits per heavy atom. The largest absolute Gasteiger partial charge is 0.496 e. The monoisotopic (exact) mass is 360 g/mol. The topological polar surface area (TPSA) is 75.7 Å². The molecule has 2 aromatic rings. The second kappa shape index (κ2) is 6.85. The number of nitrogens with one attached hydrogen (secondary N) is 1. The highest BCUT2D eigenvalue weighted by molar-refractivity contribution is 7.89. The summed E-state index contributed by atoms with van der Waals surface area (Å²) in [7, 11) is -0.523. The van der Waals surface area contributed by atoms with Crippen LogP contribution >= 0.6 is 0 Å². The van der Waals surface area contributed by atoms with Gasteiger partial charge >= 0.3 is 0 Å². The molecule has 0 spiro atoms. The van der Waals surface area contributed by atoms with Gasteiger partial charge in [-0.05, 0) is 43.3 Å². The zero-order valence-corrected chi connectivity index (χ0v) is 15.0. The van der Waals surface area contributed by atoms with E-state index in [0.29, 0.717) is 18.7 Å². The van der Waals surface area contributed by atoms with Crippen LogP contribution in [0.2, 0.25) is 0 Å². The molecule has 0 aliphatic carbocycles. The molecule has 132 valence electrons. The number of hydrogen-bond acceptors (Lipinski definition) is 4. The highest BCUT2D eigenvalue weighted by Gasteiger charge is 2.26. The van der Waals surface area contributed by atoms with E-state index in [1.807, 2.05) is 24.3 Å². The Labute approximate surface area is 147 Å². The van der Waals surface area contributed by atoms with Crippen LogP contribution < -0.4 is 14.4 Å². The number of para-hydroxylation sites is 1. The minimum atomic E-state index is -3.49. The fourth-order valence-electron chi connectivity index (χ4n) is 3.03. The Bertz CT molecular complexity index is 909. The van der Waals surface area contributed by atoms with Gasteiger partial charge in [-0.15, -0.1) is 0 Å². The molecule has 1 aliphatic heterocycles. The number of rotatable bonds is 5. The van der Waals surface area contributed by atoms with Gasteiger partial charge in [0.25, 0.3) is 0 Å². The lowest BCUT2D eigenvalue weighted by molar-refractivity contribution is -0.117. The first-order valence-electron chi connectivity index (χ1n) is 7.95. The van der Waals surface area contributed by atoms with E-state index in [2.05, 4.69) is 4.72 Å². The van der Waals surface area contributed by atoms with Crippen LogP contribution in [0.15, 0.2) is 47.4 Å². The summed E-state index contributed by atoms with van der Waals surface area (Å²) < 4.78 is 31.5. The molecule has 0 saturated heterocycles. The molecule has 0 atom stereocenters. The van der Waals surface area contributed by atoms with Crippen molar-refractivity contribution in [3.63, 3.8) is 0 Å².